The van der Waals surface area contributed by atoms with E-state index in [1.807, 2.05) is 60.7 Å². The number of ether oxygens (including phenoxy) is 1. The number of amides is 1. The van der Waals surface area contributed by atoms with E-state index in [1.165, 1.54) is 12.0 Å². The molecule has 0 bridgehead atoms. The lowest BCUT2D eigenvalue weighted by atomic mass is 9.90. The molecule has 5 heteroatoms. The van der Waals surface area contributed by atoms with Crippen molar-refractivity contribution in [3.8, 4) is 0 Å². The number of nitrogens with zero attached hydrogens (tertiary/aromatic N) is 1. The van der Waals surface area contributed by atoms with Crippen LogP contribution in [0.5, 0.6) is 0 Å². The summed E-state index contributed by atoms with van der Waals surface area (Å²) in [5.41, 5.74) is 1.70. The highest BCUT2D eigenvalue weighted by Crippen LogP contribution is 2.30. The van der Waals surface area contributed by atoms with Crippen LogP contribution in [-0.2, 0) is 14.3 Å². The average Bonchev–Trinajstić information content (AvgIpc) is 3.05. The first-order valence-electron chi connectivity index (χ1n) is 8.28. The second-order valence-corrected chi connectivity index (χ2v) is 6.17. The van der Waals surface area contributed by atoms with Gasteiger partial charge in [0.2, 0.25) is 5.91 Å². The standard InChI is InChI=1S/C20H21NO4/c1-25-20(24)17-12-16(22)13-21(17)19(23)18(14-8-4-2-5-9-14)15-10-6-3-7-11-15/h2-11,16-18,22H,12-13H2,1H3/t16-,17-/m1/s1. The summed E-state index contributed by atoms with van der Waals surface area (Å²) in [6.07, 6.45) is -0.519. The lowest BCUT2D eigenvalue weighted by molar-refractivity contribution is -0.151. The third kappa shape index (κ3) is 3.56. The van der Waals surface area contributed by atoms with E-state index in [-0.39, 0.29) is 18.9 Å². The number of likely N-dealkylation sites (tertiary alicyclic amines) is 1. The Morgan fingerprint density at radius 1 is 1.04 bits per heavy atom. The van der Waals surface area contributed by atoms with Crippen LogP contribution in [0.4, 0.5) is 0 Å². The highest BCUT2D eigenvalue weighted by atomic mass is 16.5. The first kappa shape index (κ1) is 17.2. The van der Waals surface area contributed by atoms with E-state index in [0.717, 1.165) is 11.1 Å². The van der Waals surface area contributed by atoms with Gasteiger partial charge in [0.1, 0.15) is 6.04 Å². The van der Waals surface area contributed by atoms with Crippen molar-refractivity contribution in [1.29, 1.82) is 0 Å². The highest BCUT2D eigenvalue weighted by Gasteiger charge is 2.42. The monoisotopic (exact) mass is 339 g/mol. The van der Waals surface area contributed by atoms with Crippen molar-refractivity contribution in [1.82, 2.24) is 4.90 Å². The minimum absolute atomic E-state index is 0.134. The molecule has 1 heterocycles. The molecular formula is C20H21NO4. The lowest BCUT2D eigenvalue weighted by Crippen LogP contribution is -2.43. The number of benzene rings is 2. The first-order chi connectivity index (χ1) is 12.1. The summed E-state index contributed by atoms with van der Waals surface area (Å²) in [5.74, 6) is -1.23. The first-order valence-corrected chi connectivity index (χ1v) is 8.28. The molecule has 1 aliphatic heterocycles. The lowest BCUT2D eigenvalue weighted by Gasteiger charge is -2.28. The van der Waals surface area contributed by atoms with Gasteiger partial charge in [-0.1, -0.05) is 60.7 Å². The molecule has 0 radical (unpaired) electrons. The molecular weight excluding hydrogens is 318 g/mol. The Hall–Kier alpha value is -2.66. The van der Waals surface area contributed by atoms with E-state index in [4.69, 9.17) is 4.74 Å². The summed E-state index contributed by atoms with van der Waals surface area (Å²) >= 11 is 0. The third-order valence-corrected chi connectivity index (χ3v) is 4.55. The van der Waals surface area contributed by atoms with Crippen molar-refractivity contribution >= 4 is 11.9 Å². The predicted molar refractivity (Wildman–Crippen MR) is 92.9 cm³/mol. The van der Waals surface area contributed by atoms with E-state index in [0.29, 0.717) is 0 Å². The number of carbonyl (C=O) groups excluding carboxylic acids is 2. The Balaban J connectivity index is 1.98. The van der Waals surface area contributed by atoms with Gasteiger partial charge < -0.3 is 14.7 Å². The van der Waals surface area contributed by atoms with Gasteiger partial charge in [-0.25, -0.2) is 4.79 Å². The summed E-state index contributed by atoms with van der Waals surface area (Å²) in [5, 5.41) is 9.98. The van der Waals surface area contributed by atoms with E-state index < -0.39 is 24.0 Å². The van der Waals surface area contributed by atoms with Crippen LogP contribution in [-0.4, -0.2) is 47.7 Å². The van der Waals surface area contributed by atoms with Crippen molar-refractivity contribution in [2.75, 3.05) is 13.7 Å². The van der Waals surface area contributed by atoms with Crippen LogP contribution in [0.1, 0.15) is 23.5 Å². The van der Waals surface area contributed by atoms with Gasteiger partial charge in [-0.3, -0.25) is 4.79 Å². The molecule has 2 aromatic rings. The molecule has 0 aliphatic carbocycles. The van der Waals surface area contributed by atoms with Crippen LogP contribution in [0, 0.1) is 0 Å². The summed E-state index contributed by atoms with van der Waals surface area (Å²) in [7, 11) is 1.29. The molecule has 0 unspecified atom stereocenters. The van der Waals surface area contributed by atoms with Crippen LogP contribution in [0.15, 0.2) is 60.7 Å². The number of rotatable bonds is 4. The Bertz CT molecular complexity index is 692. The van der Waals surface area contributed by atoms with Crippen molar-refractivity contribution in [3.05, 3.63) is 71.8 Å². The molecule has 0 aromatic heterocycles. The van der Waals surface area contributed by atoms with E-state index in [9.17, 15) is 14.7 Å². The maximum absolute atomic E-state index is 13.3. The summed E-state index contributed by atoms with van der Waals surface area (Å²) in [4.78, 5) is 26.8. The number of aliphatic hydroxyl groups is 1. The average molecular weight is 339 g/mol. The summed E-state index contributed by atoms with van der Waals surface area (Å²) in [6.45, 7) is 0.134. The normalized spacial score (nSPS) is 19.9. The quantitative estimate of drug-likeness (QED) is 0.865. The van der Waals surface area contributed by atoms with Crippen molar-refractivity contribution in [2.45, 2.75) is 24.5 Å². The van der Waals surface area contributed by atoms with Crippen molar-refractivity contribution < 1.29 is 19.4 Å². The summed E-state index contributed by atoms with van der Waals surface area (Å²) < 4.78 is 4.81. The number of aliphatic hydroxyl groups excluding tert-OH is 1. The SMILES string of the molecule is COC(=O)[C@H]1C[C@@H](O)CN1C(=O)C(c1ccccc1)c1ccccc1. The predicted octanol–water partition coefficient (Wildman–Crippen LogP) is 1.95. The molecule has 1 amide bonds. The van der Waals surface area contributed by atoms with Crippen LogP contribution in [0.25, 0.3) is 0 Å². The zero-order valence-corrected chi connectivity index (χ0v) is 14.0. The van der Waals surface area contributed by atoms with Crippen molar-refractivity contribution in [3.63, 3.8) is 0 Å². The third-order valence-electron chi connectivity index (χ3n) is 4.55. The minimum atomic E-state index is -0.748. The molecule has 5 nitrogen and oxygen atoms in total. The Labute approximate surface area is 146 Å². The van der Waals surface area contributed by atoms with E-state index in [1.54, 1.807) is 0 Å². The smallest absolute Gasteiger partial charge is 0.328 e. The zero-order valence-electron chi connectivity index (χ0n) is 14.0. The number of esters is 1. The molecule has 1 N–H and O–H groups in total. The van der Waals surface area contributed by atoms with Gasteiger partial charge in [-0.15, -0.1) is 0 Å². The molecule has 2 atom stereocenters. The second kappa shape index (κ2) is 7.49. The van der Waals surface area contributed by atoms with Gasteiger partial charge in [0.05, 0.1) is 19.1 Å². The van der Waals surface area contributed by atoms with Gasteiger partial charge in [0.25, 0.3) is 0 Å². The van der Waals surface area contributed by atoms with E-state index >= 15 is 0 Å². The fourth-order valence-corrected chi connectivity index (χ4v) is 3.35. The maximum atomic E-state index is 13.3. The number of hydrogen-bond acceptors (Lipinski definition) is 4. The maximum Gasteiger partial charge on any atom is 0.328 e. The number of β-amino-alcohol motifs (C(OH)–C–C–N with tert-alkyl or cyclic N) is 1. The molecule has 130 valence electrons. The molecule has 1 fully saturated rings. The molecule has 0 spiro atoms. The summed E-state index contributed by atoms with van der Waals surface area (Å²) in [6, 6.07) is 18.2. The molecule has 2 aromatic carbocycles. The van der Waals surface area contributed by atoms with E-state index in [2.05, 4.69) is 0 Å². The van der Waals surface area contributed by atoms with Gasteiger partial charge in [-0.2, -0.15) is 0 Å². The van der Waals surface area contributed by atoms with Gasteiger partial charge >= 0.3 is 5.97 Å². The van der Waals surface area contributed by atoms with Crippen LogP contribution in [0.3, 0.4) is 0 Å². The second-order valence-electron chi connectivity index (χ2n) is 6.17. The molecule has 0 saturated carbocycles. The van der Waals surface area contributed by atoms with Crippen LogP contribution in [0.2, 0.25) is 0 Å². The molecule has 1 aliphatic rings. The van der Waals surface area contributed by atoms with Crippen molar-refractivity contribution in [2.24, 2.45) is 0 Å². The Kier molecular flexibility index (Phi) is 5.14. The Morgan fingerprint density at radius 2 is 1.56 bits per heavy atom. The van der Waals surface area contributed by atoms with Gasteiger partial charge in [0.15, 0.2) is 0 Å². The fourth-order valence-electron chi connectivity index (χ4n) is 3.35. The largest absolute Gasteiger partial charge is 0.467 e. The van der Waals surface area contributed by atoms with Crippen LogP contribution >= 0.6 is 0 Å². The number of carbonyl (C=O) groups is 2. The highest BCUT2D eigenvalue weighted by molar-refractivity contribution is 5.91. The topological polar surface area (TPSA) is 66.8 Å². The zero-order chi connectivity index (χ0) is 17.8. The minimum Gasteiger partial charge on any atom is -0.467 e. The molecule has 3 rings (SSSR count). The Morgan fingerprint density at radius 3 is 2.04 bits per heavy atom. The number of hydrogen-bond donors (Lipinski definition) is 1. The van der Waals surface area contributed by atoms with Gasteiger partial charge in [0, 0.05) is 13.0 Å². The van der Waals surface area contributed by atoms with Crippen LogP contribution < -0.4 is 0 Å². The molecule has 25 heavy (non-hydrogen) atoms. The molecule has 1 saturated heterocycles. The number of methoxy groups -OCH3 is 1. The van der Waals surface area contributed by atoms with Gasteiger partial charge in [-0.05, 0) is 11.1 Å². The fraction of sp³-hybridized carbons (Fsp3) is 0.300.